The molecule has 2 rings (SSSR count). The van der Waals surface area contributed by atoms with E-state index in [0.29, 0.717) is 6.42 Å². The van der Waals surface area contributed by atoms with Crippen LogP contribution in [0, 0.1) is 0 Å². The summed E-state index contributed by atoms with van der Waals surface area (Å²) in [5, 5.41) is 2.71. The summed E-state index contributed by atoms with van der Waals surface area (Å²) in [4.78, 5) is 26.2. The third-order valence-corrected chi connectivity index (χ3v) is 6.09. The first-order chi connectivity index (χ1) is 14.2. The first kappa shape index (κ1) is 24.1. The lowest BCUT2D eigenvalue weighted by molar-refractivity contribution is -0.113. The maximum Gasteiger partial charge on any atom is 0.408 e. The van der Waals surface area contributed by atoms with Crippen molar-refractivity contribution in [2.24, 2.45) is 0 Å². The van der Waals surface area contributed by atoms with Gasteiger partial charge < -0.3 is 14.8 Å². The van der Waals surface area contributed by atoms with Crippen LogP contribution in [0.3, 0.4) is 0 Å². The van der Waals surface area contributed by atoms with E-state index in [-0.39, 0.29) is 0 Å². The van der Waals surface area contributed by atoms with Crippen molar-refractivity contribution in [2.75, 3.05) is 0 Å². The minimum atomic E-state index is -0.927. The summed E-state index contributed by atoms with van der Waals surface area (Å²) < 4.78 is 5.28. The number of aryl methyl sites for hydroxylation is 3. The zero-order valence-electron chi connectivity index (χ0n) is 18.7. The molecular formula is C25H35NO3S. The molecule has 0 saturated heterocycles. The van der Waals surface area contributed by atoms with Gasteiger partial charge in [0.05, 0.1) is 5.54 Å². The van der Waals surface area contributed by atoms with Gasteiger partial charge in [-0.15, -0.1) is 11.3 Å². The van der Waals surface area contributed by atoms with Crippen LogP contribution in [0.25, 0.3) is 0 Å². The second-order valence-corrected chi connectivity index (χ2v) is 10.3. The Morgan fingerprint density at radius 2 is 1.57 bits per heavy atom. The predicted molar refractivity (Wildman–Crippen MR) is 124 cm³/mol. The Kier molecular flexibility index (Phi) is 9.09. The van der Waals surface area contributed by atoms with E-state index < -0.39 is 17.2 Å². The van der Waals surface area contributed by atoms with Gasteiger partial charge in [0.15, 0.2) is 0 Å². The predicted octanol–water partition coefficient (Wildman–Crippen LogP) is 6.12. The van der Waals surface area contributed by atoms with Crippen LogP contribution in [0.2, 0.25) is 0 Å². The van der Waals surface area contributed by atoms with E-state index in [0.717, 1.165) is 25.5 Å². The highest BCUT2D eigenvalue weighted by atomic mass is 32.1. The zero-order valence-corrected chi connectivity index (χ0v) is 19.5. The molecule has 0 saturated carbocycles. The number of carbonyl (C=O) groups is 2. The molecule has 0 aliphatic heterocycles. The van der Waals surface area contributed by atoms with Crippen molar-refractivity contribution < 1.29 is 14.3 Å². The Morgan fingerprint density at radius 3 is 2.20 bits per heavy atom. The number of alkyl carbamates (subject to hydrolysis) is 1. The van der Waals surface area contributed by atoms with Crippen molar-refractivity contribution >= 4 is 23.7 Å². The smallest absolute Gasteiger partial charge is 0.408 e. The van der Waals surface area contributed by atoms with E-state index in [1.807, 2.05) is 11.3 Å². The summed E-state index contributed by atoms with van der Waals surface area (Å²) in [5.41, 5.74) is -0.101. The molecule has 0 aliphatic carbocycles. The van der Waals surface area contributed by atoms with Crippen molar-refractivity contribution in [3.05, 3.63) is 57.8 Å². The second-order valence-electron chi connectivity index (χ2n) is 9.08. The highest BCUT2D eigenvalue weighted by molar-refractivity contribution is 7.11. The second kappa shape index (κ2) is 11.3. The Labute approximate surface area is 185 Å². The molecular weight excluding hydrogens is 394 g/mol. The molecule has 1 N–H and O–H groups in total. The topological polar surface area (TPSA) is 55.4 Å². The van der Waals surface area contributed by atoms with Gasteiger partial charge in [-0.25, -0.2) is 4.79 Å². The average molecular weight is 430 g/mol. The van der Waals surface area contributed by atoms with E-state index >= 15 is 0 Å². The number of hydrogen-bond acceptors (Lipinski definition) is 4. The number of nitrogens with one attached hydrogen (secondary N) is 1. The molecule has 0 spiro atoms. The number of amides is 1. The maximum atomic E-state index is 12.0. The normalized spacial score (nSPS) is 13.5. The Bertz CT molecular complexity index is 794. The molecule has 5 heteroatoms. The minimum Gasteiger partial charge on any atom is -0.444 e. The van der Waals surface area contributed by atoms with E-state index in [9.17, 15) is 9.59 Å². The molecule has 1 heterocycles. The standard InChI is InChI=1S/C25H35NO3S/c1-24(2,3)29-23(28)26-25(4,19-27)18-17-22-16-15-21(30-22)14-10-6-9-13-20-11-7-5-8-12-20/h5,7-8,11-12,15-16,19H,6,9-10,13-14,17-18H2,1-4H3,(H,26,28)/t25-/m1/s1. The van der Waals surface area contributed by atoms with E-state index in [1.165, 1.54) is 34.6 Å². The summed E-state index contributed by atoms with van der Waals surface area (Å²) in [6.07, 6.45) is 7.43. The van der Waals surface area contributed by atoms with Crippen molar-refractivity contribution in [3.8, 4) is 0 Å². The van der Waals surface area contributed by atoms with Gasteiger partial charge in [-0.05, 0) is 83.9 Å². The number of hydrogen-bond donors (Lipinski definition) is 1. The zero-order chi connectivity index (χ0) is 22.0. The van der Waals surface area contributed by atoms with Crippen molar-refractivity contribution in [1.29, 1.82) is 0 Å². The molecule has 30 heavy (non-hydrogen) atoms. The lowest BCUT2D eigenvalue weighted by Crippen LogP contribution is -2.49. The van der Waals surface area contributed by atoms with Crippen LogP contribution in [0.4, 0.5) is 4.79 Å². The number of thiophene rings is 1. The lowest BCUT2D eigenvalue weighted by atomic mass is 9.97. The molecule has 164 valence electrons. The molecule has 0 aliphatic rings. The molecule has 1 amide bonds. The Balaban J connectivity index is 1.72. The largest absolute Gasteiger partial charge is 0.444 e. The van der Waals surface area contributed by atoms with E-state index in [4.69, 9.17) is 4.74 Å². The molecule has 1 aromatic heterocycles. The summed E-state index contributed by atoms with van der Waals surface area (Å²) in [5.74, 6) is 0. The summed E-state index contributed by atoms with van der Waals surface area (Å²) in [7, 11) is 0. The number of ether oxygens (including phenoxy) is 1. The summed E-state index contributed by atoms with van der Waals surface area (Å²) >= 11 is 1.81. The van der Waals surface area contributed by atoms with Crippen LogP contribution in [0.15, 0.2) is 42.5 Å². The van der Waals surface area contributed by atoms with Gasteiger partial charge in [0.25, 0.3) is 0 Å². The fraction of sp³-hybridized carbons (Fsp3) is 0.520. The summed E-state index contributed by atoms with van der Waals surface area (Å²) in [6.45, 7) is 7.16. The van der Waals surface area contributed by atoms with Crippen molar-refractivity contribution in [1.82, 2.24) is 5.32 Å². The van der Waals surface area contributed by atoms with Crippen LogP contribution in [-0.4, -0.2) is 23.5 Å². The molecule has 0 unspecified atom stereocenters. The van der Waals surface area contributed by atoms with Gasteiger partial charge in [0.2, 0.25) is 0 Å². The quantitative estimate of drug-likeness (QED) is 0.346. The fourth-order valence-corrected chi connectivity index (χ4v) is 4.27. The minimum absolute atomic E-state index is 0.548. The van der Waals surface area contributed by atoms with Gasteiger partial charge >= 0.3 is 6.09 Å². The van der Waals surface area contributed by atoms with Gasteiger partial charge in [0.1, 0.15) is 11.9 Å². The molecule has 0 radical (unpaired) electrons. The van der Waals surface area contributed by atoms with Crippen LogP contribution < -0.4 is 5.32 Å². The molecule has 2 aromatic rings. The SMILES string of the molecule is CC(C)(C)OC(=O)N[C@@](C)(C=O)CCc1ccc(CCCCCc2ccccc2)s1. The molecule has 0 fully saturated rings. The van der Waals surface area contributed by atoms with Gasteiger partial charge in [-0.3, -0.25) is 0 Å². The Morgan fingerprint density at radius 1 is 0.933 bits per heavy atom. The number of carbonyl (C=O) groups excluding carboxylic acids is 2. The van der Waals surface area contributed by atoms with E-state index in [2.05, 4.69) is 47.8 Å². The number of aldehydes is 1. The van der Waals surface area contributed by atoms with Crippen molar-refractivity contribution in [3.63, 3.8) is 0 Å². The van der Waals surface area contributed by atoms with Gasteiger partial charge in [-0.2, -0.15) is 0 Å². The molecule has 1 atom stereocenters. The molecule has 1 aromatic carbocycles. The maximum absolute atomic E-state index is 12.0. The third-order valence-electron chi connectivity index (χ3n) is 4.89. The first-order valence-electron chi connectivity index (χ1n) is 10.8. The monoisotopic (exact) mass is 429 g/mol. The fourth-order valence-electron chi connectivity index (χ4n) is 3.21. The molecule has 0 bridgehead atoms. The van der Waals surface area contributed by atoms with Gasteiger partial charge in [0, 0.05) is 9.75 Å². The Hall–Kier alpha value is -2.14. The summed E-state index contributed by atoms with van der Waals surface area (Å²) in [6, 6.07) is 15.0. The van der Waals surface area contributed by atoms with Crippen LogP contribution in [0.5, 0.6) is 0 Å². The van der Waals surface area contributed by atoms with Crippen LogP contribution in [-0.2, 0) is 28.8 Å². The third kappa shape index (κ3) is 9.12. The first-order valence-corrected chi connectivity index (χ1v) is 11.6. The van der Waals surface area contributed by atoms with Gasteiger partial charge in [-0.1, -0.05) is 36.8 Å². The highest BCUT2D eigenvalue weighted by Crippen LogP contribution is 2.23. The molecule has 4 nitrogen and oxygen atoms in total. The number of rotatable bonds is 11. The van der Waals surface area contributed by atoms with E-state index in [1.54, 1.807) is 27.7 Å². The lowest BCUT2D eigenvalue weighted by Gasteiger charge is -2.27. The number of unbranched alkanes of at least 4 members (excludes halogenated alkanes) is 2. The van der Waals surface area contributed by atoms with Crippen molar-refractivity contribution in [2.45, 2.75) is 83.8 Å². The average Bonchev–Trinajstić information content (AvgIpc) is 3.13. The van der Waals surface area contributed by atoms with Crippen LogP contribution >= 0.6 is 11.3 Å². The number of benzene rings is 1. The highest BCUT2D eigenvalue weighted by Gasteiger charge is 2.28. The van der Waals surface area contributed by atoms with Crippen LogP contribution in [0.1, 0.15) is 68.7 Å².